The average Bonchev–Trinajstić information content (AvgIpc) is 3.33. The Morgan fingerprint density at radius 2 is 1.73 bits per heavy atom. The van der Waals surface area contributed by atoms with Gasteiger partial charge < -0.3 is 25.1 Å². The predicted octanol–water partition coefficient (Wildman–Crippen LogP) is 3.08. The van der Waals surface area contributed by atoms with E-state index in [2.05, 4.69) is 36.2 Å². The molecule has 3 aliphatic heterocycles. The Morgan fingerprint density at radius 1 is 1.14 bits per heavy atom. The van der Waals surface area contributed by atoms with Crippen molar-refractivity contribution in [2.24, 2.45) is 17.8 Å². The van der Waals surface area contributed by atoms with E-state index in [-0.39, 0.29) is 17.5 Å². The molecule has 2 atom stereocenters. The van der Waals surface area contributed by atoms with Crippen molar-refractivity contribution in [3.63, 3.8) is 0 Å². The van der Waals surface area contributed by atoms with Crippen LogP contribution in [0.3, 0.4) is 0 Å². The molecule has 1 aromatic carbocycles. The zero-order valence-electron chi connectivity index (χ0n) is 21.6. The van der Waals surface area contributed by atoms with Gasteiger partial charge in [-0.2, -0.15) is 13.2 Å². The summed E-state index contributed by atoms with van der Waals surface area (Å²) in [6.07, 6.45) is -2.47. The van der Waals surface area contributed by atoms with Crippen LogP contribution in [0.2, 0.25) is 0 Å². The number of piperidine rings is 1. The Morgan fingerprint density at radius 3 is 2.27 bits per heavy atom. The number of nitrogens with one attached hydrogen (secondary N) is 1. The van der Waals surface area contributed by atoms with Crippen molar-refractivity contribution in [2.45, 2.75) is 44.8 Å². The van der Waals surface area contributed by atoms with E-state index >= 15 is 0 Å². The second-order valence-electron chi connectivity index (χ2n) is 10.6. The van der Waals surface area contributed by atoms with Crippen molar-refractivity contribution in [1.82, 2.24) is 20.0 Å². The molecule has 3 heterocycles. The van der Waals surface area contributed by atoms with Gasteiger partial charge in [0.05, 0.1) is 11.5 Å². The number of carbonyl (C=O) groups is 3. The van der Waals surface area contributed by atoms with E-state index in [0.29, 0.717) is 24.3 Å². The maximum absolute atomic E-state index is 13.0. The predicted molar refractivity (Wildman–Crippen MR) is 132 cm³/mol. The number of hydrogen-bond donors (Lipinski definition) is 2. The van der Waals surface area contributed by atoms with Gasteiger partial charge >= 0.3 is 18.2 Å². The summed E-state index contributed by atoms with van der Waals surface area (Å²) in [6, 6.07) is 10.3. The molecule has 206 valence electrons. The van der Waals surface area contributed by atoms with Gasteiger partial charge in [-0.1, -0.05) is 44.2 Å². The van der Waals surface area contributed by atoms with Gasteiger partial charge in [-0.15, -0.1) is 0 Å². The Kier molecular flexibility index (Phi) is 9.09. The van der Waals surface area contributed by atoms with Crippen LogP contribution in [0.25, 0.3) is 0 Å². The molecule has 3 fully saturated rings. The summed E-state index contributed by atoms with van der Waals surface area (Å²) >= 11 is 0. The zero-order chi connectivity index (χ0) is 27.4. The van der Waals surface area contributed by atoms with Gasteiger partial charge in [0.25, 0.3) is 0 Å². The smallest absolute Gasteiger partial charge is 0.475 e. The van der Waals surface area contributed by atoms with Crippen LogP contribution in [0.4, 0.5) is 18.0 Å². The number of nitrogens with zero attached hydrogens (tertiary/aromatic N) is 3. The van der Waals surface area contributed by atoms with Crippen molar-refractivity contribution < 1.29 is 32.7 Å². The first-order valence-corrected chi connectivity index (χ1v) is 12.7. The van der Waals surface area contributed by atoms with Crippen LogP contribution in [0.15, 0.2) is 30.3 Å². The quantitative estimate of drug-likeness (QED) is 0.615. The highest BCUT2D eigenvalue weighted by Gasteiger charge is 2.60. The normalized spacial score (nSPS) is 23.2. The molecule has 4 rings (SSSR count). The first-order chi connectivity index (χ1) is 17.3. The highest BCUT2D eigenvalue weighted by molar-refractivity contribution is 5.84. The number of amides is 3. The second-order valence-corrected chi connectivity index (χ2v) is 10.6. The largest absolute Gasteiger partial charge is 0.490 e. The molecule has 11 heteroatoms. The first kappa shape index (κ1) is 28.7. The summed E-state index contributed by atoms with van der Waals surface area (Å²) in [4.78, 5) is 41.0. The number of urea groups is 1. The lowest BCUT2D eigenvalue weighted by Gasteiger charge is -2.46. The van der Waals surface area contributed by atoms with Crippen LogP contribution in [0, 0.1) is 17.8 Å². The van der Waals surface area contributed by atoms with Crippen LogP contribution >= 0.6 is 0 Å². The standard InChI is InChI=1S/C24H36N4O2.C2HF3O2/c1-18(2)15-27-16-20-21(17-27)24(26(3)22(20)29)10-13-28(14-11-24)23(30)25-12-9-19-7-5-4-6-8-19;3-2(4,5)1(6)7/h4-8,18,20-21H,9-17H2,1-3H3,(H,25,30);(H,6,7)/t20-,21+;/m0./s1. The van der Waals surface area contributed by atoms with Crippen LogP contribution in [-0.2, 0) is 16.0 Å². The maximum Gasteiger partial charge on any atom is 0.490 e. The third-order valence-electron chi connectivity index (χ3n) is 7.72. The lowest BCUT2D eigenvalue weighted by Crippen LogP contribution is -2.57. The van der Waals surface area contributed by atoms with Crippen molar-refractivity contribution in [3.8, 4) is 0 Å². The Balaban J connectivity index is 0.000000479. The minimum atomic E-state index is -5.08. The van der Waals surface area contributed by atoms with Gasteiger partial charge in [0.15, 0.2) is 0 Å². The van der Waals surface area contributed by atoms with Gasteiger partial charge in [0.1, 0.15) is 0 Å². The molecule has 8 nitrogen and oxygen atoms in total. The molecule has 2 N–H and O–H groups in total. The van der Waals surface area contributed by atoms with Gasteiger partial charge in [-0.25, -0.2) is 9.59 Å². The van der Waals surface area contributed by atoms with E-state index in [1.54, 1.807) is 0 Å². The Hall–Kier alpha value is -2.82. The highest BCUT2D eigenvalue weighted by Crippen LogP contribution is 2.49. The molecular formula is C26H37F3N4O4. The Labute approximate surface area is 215 Å². The lowest BCUT2D eigenvalue weighted by molar-refractivity contribution is -0.192. The average molecular weight is 527 g/mol. The van der Waals surface area contributed by atoms with E-state index in [1.165, 1.54) is 5.56 Å². The number of hydrogen-bond acceptors (Lipinski definition) is 4. The Bertz CT molecular complexity index is 949. The maximum atomic E-state index is 13.0. The van der Waals surface area contributed by atoms with Crippen LogP contribution in [-0.4, -0.2) is 95.7 Å². The van der Waals surface area contributed by atoms with Crippen LogP contribution < -0.4 is 5.32 Å². The number of benzene rings is 1. The molecule has 0 aromatic heterocycles. The molecule has 0 bridgehead atoms. The zero-order valence-corrected chi connectivity index (χ0v) is 21.6. The van der Waals surface area contributed by atoms with E-state index in [0.717, 1.165) is 52.0 Å². The van der Waals surface area contributed by atoms with Crippen molar-refractivity contribution >= 4 is 17.9 Å². The number of fused-ring (bicyclic) bond motifs is 2. The molecular weight excluding hydrogens is 489 g/mol. The van der Waals surface area contributed by atoms with E-state index in [1.807, 2.05) is 35.0 Å². The minimum absolute atomic E-state index is 0.0252. The third-order valence-corrected chi connectivity index (χ3v) is 7.72. The van der Waals surface area contributed by atoms with E-state index in [9.17, 15) is 22.8 Å². The van der Waals surface area contributed by atoms with Crippen LogP contribution in [0.1, 0.15) is 32.3 Å². The van der Waals surface area contributed by atoms with E-state index in [4.69, 9.17) is 9.90 Å². The monoisotopic (exact) mass is 526 g/mol. The lowest BCUT2D eigenvalue weighted by atomic mass is 9.75. The summed E-state index contributed by atoms with van der Waals surface area (Å²) in [5.41, 5.74) is 1.16. The number of carboxylic acids is 1. The number of aliphatic carboxylic acids is 1. The summed E-state index contributed by atoms with van der Waals surface area (Å²) in [5.74, 6) is -1.29. The molecule has 0 saturated carbocycles. The van der Waals surface area contributed by atoms with Gasteiger partial charge in [-0.3, -0.25) is 4.79 Å². The number of likely N-dealkylation sites (tertiary alicyclic amines) is 3. The van der Waals surface area contributed by atoms with Crippen molar-refractivity contribution in [3.05, 3.63) is 35.9 Å². The second kappa shape index (κ2) is 11.7. The summed E-state index contributed by atoms with van der Waals surface area (Å²) < 4.78 is 31.7. The number of alkyl halides is 3. The fraction of sp³-hybridized carbons (Fsp3) is 0.654. The van der Waals surface area contributed by atoms with Gasteiger partial charge in [0, 0.05) is 52.2 Å². The minimum Gasteiger partial charge on any atom is -0.475 e. The molecule has 1 aromatic rings. The highest BCUT2D eigenvalue weighted by atomic mass is 19.4. The fourth-order valence-corrected chi connectivity index (χ4v) is 5.94. The summed E-state index contributed by atoms with van der Waals surface area (Å²) in [5, 5.41) is 10.2. The number of rotatable bonds is 5. The number of halogens is 3. The van der Waals surface area contributed by atoms with E-state index < -0.39 is 12.1 Å². The van der Waals surface area contributed by atoms with Crippen LogP contribution in [0.5, 0.6) is 0 Å². The number of carbonyl (C=O) groups excluding carboxylic acids is 2. The topological polar surface area (TPSA) is 93.2 Å². The summed E-state index contributed by atoms with van der Waals surface area (Å²) in [6.45, 7) is 9.57. The van der Waals surface area contributed by atoms with Gasteiger partial charge in [0.2, 0.25) is 5.91 Å². The molecule has 3 saturated heterocycles. The molecule has 37 heavy (non-hydrogen) atoms. The number of carboxylic acid groups (broad SMARTS) is 1. The van der Waals surface area contributed by atoms with Gasteiger partial charge in [-0.05, 0) is 30.7 Å². The van der Waals surface area contributed by atoms with Crippen molar-refractivity contribution in [1.29, 1.82) is 0 Å². The fourth-order valence-electron chi connectivity index (χ4n) is 5.94. The summed E-state index contributed by atoms with van der Waals surface area (Å²) in [7, 11) is 1.99. The SMILES string of the molecule is CC(C)CN1C[C@@H]2C(=O)N(C)C3(CCN(C(=O)NCCc4ccccc4)CC3)[C@@H]2C1.O=C(O)C(F)(F)F. The van der Waals surface area contributed by atoms with Crippen molar-refractivity contribution in [2.75, 3.05) is 46.3 Å². The molecule has 3 aliphatic rings. The molecule has 0 radical (unpaired) electrons. The molecule has 3 amide bonds. The first-order valence-electron chi connectivity index (χ1n) is 12.7. The molecule has 0 unspecified atom stereocenters. The molecule has 0 aliphatic carbocycles. The molecule has 1 spiro atoms. The third kappa shape index (κ3) is 6.74.